The molecule has 0 atom stereocenters. The Labute approximate surface area is 122 Å². The number of hydrogen-bond donors (Lipinski definition) is 4. The van der Waals surface area contributed by atoms with Crippen molar-refractivity contribution in [3.63, 3.8) is 0 Å². The number of nitrogens with one attached hydrogen (secondary N) is 2. The van der Waals surface area contributed by atoms with Crippen LogP contribution in [0.1, 0.15) is 37.0 Å². The lowest BCUT2D eigenvalue weighted by Crippen LogP contribution is -2.30. The van der Waals surface area contributed by atoms with Gasteiger partial charge in [0.05, 0.1) is 5.56 Å². The summed E-state index contributed by atoms with van der Waals surface area (Å²) in [6.07, 6.45) is 0.605. The fraction of sp³-hybridized carbons (Fsp3) is 0.357. The molecular formula is C14H18N4O3. The first-order valence-electron chi connectivity index (χ1n) is 6.71. The maximum atomic E-state index is 11.8. The molecule has 0 radical (unpaired) electrons. The number of aromatic nitrogens is 3. The van der Waals surface area contributed by atoms with Crippen molar-refractivity contribution in [2.45, 2.75) is 33.2 Å². The predicted molar refractivity (Wildman–Crippen MR) is 77.1 cm³/mol. The monoisotopic (exact) mass is 290 g/mol. The zero-order valence-corrected chi connectivity index (χ0v) is 12.1. The number of benzene rings is 1. The van der Waals surface area contributed by atoms with E-state index >= 15 is 0 Å². The minimum atomic E-state index is -0.363. The fourth-order valence-electron chi connectivity index (χ4n) is 1.91. The van der Waals surface area contributed by atoms with Crippen LogP contribution in [-0.4, -0.2) is 37.3 Å². The van der Waals surface area contributed by atoms with Gasteiger partial charge < -0.3 is 20.5 Å². The Morgan fingerprint density at radius 1 is 1.29 bits per heavy atom. The van der Waals surface area contributed by atoms with E-state index in [1.165, 1.54) is 6.07 Å². The molecule has 0 bridgehead atoms. The van der Waals surface area contributed by atoms with Gasteiger partial charge in [0.1, 0.15) is 11.5 Å². The first kappa shape index (κ1) is 14.8. The molecule has 2 rings (SSSR count). The molecule has 4 N–H and O–H groups in total. The maximum absolute atomic E-state index is 11.8. The number of carbonyl (C=O) groups excluding carboxylic acids is 1. The number of nitrogens with zero attached hydrogens (tertiary/aromatic N) is 2. The van der Waals surface area contributed by atoms with Crippen molar-refractivity contribution in [3.05, 3.63) is 23.5 Å². The number of rotatable bonds is 4. The Bertz CT molecular complexity index is 664. The van der Waals surface area contributed by atoms with Crippen LogP contribution in [-0.2, 0) is 6.42 Å². The van der Waals surface area contributed by atoms with E-state index in [2.05, 4.69) is 20.5 Å². The molecule has 0 unspecified atom stereocenters. The highest BCUT2D eigenvalue weighted by Gasteiger charge is 2.17. The number of phenolic OH excluding ortho intramolecular Hbond substituents is 2. The number of carbonyl (C=O) groups is 1. The molecular weight excluding hydrogens is 272 g/mol. The number of H-pyrrole nitrogens is 1. The normalized spacial score (nSPS) is 10.9. The molecule has 0 saturated heterocycles. The van der Waals surface area contributed by atoms with Gasteiger partial charge in [0.2, 0.25) is 5.82 Å². The van der Waals surface area contributed by atoms with Gasteiger partial charge in [0, 0.05) is 12.1 Å². The summed E-state index contributed by atoms with van der Waals surface area (Å²) >= 11 is 0. The molecule has 1 amide bonds. The van der Waals surface area contributed by atoms with Crippen LogP contribution in [0, 0.1) is 0 Å². The van der Waals surface area contributed by atoms with Crippen LogP contribution in [0.3, 0.4) is 0 Å². The van der Waals surface area contributed by atoms with Crippen LogP contribution in [0.15, 0.2) is 12.1 Å². The second-order valence-corrected chi connectivity index (χ2v) is 5.00. The molecule has 0 aliphatic heterocycles. The standard InChI is InChI=1S/C14H18N4O3/c1-4-8-5-9(11(20)6-10(8)19)12-16-13(18-17-12)14(21)15-7(2)3/h5-7,19-20H,4H2,1-3H3,(H,15,21)(H,16,17,18). The van der Waals surface area contributed by atoms with Crippen LogP contribution in [0.4, 0.5) is 0 Å². The van der Waals surface area contributed by atoms with Gasteiger partial charge in [0.15, 0.2) is 5.82 Å². The summed E-state index contributed by atoms with van der Waals surface area (Å²) in [5.41, 5.74) is 1.06. The van der Waals surface area contributed by atoms with Crippen molar-refractivity contribution >= 4 is 5.91 Å². The van der Waals surface area contributed by atoms with Gasteiger partial charge in [0.25, 0.3) is 5.91 Å². The zero-order chi connectivity index (χ0) is 15.6. The van der Waals surface area contributed by atoms with Crippen molar-refractivity contribution in [2.24, 2.45) is 0 Å². The Morgan fingerprint density at radius 2 is 2.00 bits per heavy atom. The Morgan fingerprint density at radius 3 is 2.62 bits per heavy atom. The lowest BCUT2D eigenvalue weighted by molar-refractivity contribution is 0.0933. The molecule has 2 aromatic rings. The lowest BCUT2D eigenvalue weighted by atomic mass is 10.1. The van der Waals surface area contributed by atoms with Crippen LogP contribution in [0.2, 0.25) is 0 Å². The number of aromatic hydroxyl groups is 2. The number of hydrogen-bond acceptors (Lipinski definition) is 5. The average molecular weight is 290 g/mol. The van der Waals surface area contributed by atoms with E-state index in [1.807, 2.05) is 20.8 Å². The third kappa shape index (κ3) is 3.13. The van der Waals surface area contributed by atoms with Gasteiger partial charge in [-0.25, -0.2) is 0 Å². The summed E-state index contributed by atoms with van der Waals surface area (Å²) < 4.78 is 0. The van der Waals surface area contributed by atoms with Gasteiger partial charge in [-0.1, -0.05) is 6.92 Å². The third-order valence-corrected chi connectivity index (χ3v) is 2.95. The molecule has 0 fully saturated rings. The van der Waals surface area contributed by atoms with Crippen molar-refractivity contribution < 1.29 is 15.0 Å². The Hall–Kier alpha value is -2.57. The highest BCUT2D eigenvalue weighted by molar-refractivity contribution is 5.91. The molecule has 0 aliphatic carbocycles. The average Bonchev–Trinajstić information content (AvgIpc) is 2.87. The van der Waals surface area contributed by atoms with E-state index in [9.17, 15) is 15.0 Å². The second kappa shape index (κ2) is 5.82. The molecule has 0 spiro atoms. The largest absolute Gasteiger partial charge is 0.508 e. The van der Waals surface area contributed by atoms with E-state index in [0.29, 0.717) is 17.5 Å². The van der Waals surface area contributed by atoms with Crippen molar-refractivity contribution in [1.82, 2.24) is 20.5 Å². The molecule has 0 aliphatic rings. The van der Waals surface area contributed by atoms with Crippen LogP contribution < -0.4 is 5.32 Å². The smallest absolute Gasteiger partial charge is 0.289 e. The third-order valence-electron chi connectivity index (χ3n) is 2.95. The first-order valence-corrected chi connectivity index (χ1v) is 6.71. The van der Waals surface area contributed by atoms with E-state index in [4.69, 9.17) is 0 Å². The minimum Gasteiger partial charge on any atom is -0.508 e. The van der Waals surface area contributed by atoms with E-state index in [0.717, 1.165) is 0 Å². The fourth-order valence-corrected chi connectivity index (χ4v) is 1.91. The van der Waals surface area contributed by atoms with Crippen molar-refractivity contribution in [2.75, 3.05) is 0 Å². The molecule has 1 aromatic heterocycles. The van der Waals surface area contributed by atoms with Crippen molar-refractivity contribution in [3.8, 4) is 22.9 Å². The number of aryl methyl sites for hydroxylation is 1. The number of aromatic amines is 1. The molecule has 1 aromatic carbocycles. The minimum absolute atomic E-state index is 0.0141. The summed E-state index contributed by atoms with van der Waals surface area (Å²) in [4.78, 5) is 14.6. The molecule has 7 heteroatoms. The first-order chi connectivity index (χ1) is 9.92. The van der Waals surface area contributed by atoms with Gasteiger partial charge in [-0.15, -0.1) is 10.2 Å². The lowest BCUT2D eigenvalue weighted by Gasteiger charge is -2.07. The summed E-state index contributed by atoms with van der Waals surface area (Å²) in [7, 11) is 0. The quantitative estimate of drug-likeness (QED) is 0.683. The summed E-state index contributed by atoms with van der Waals surface area (Å²) in [6, 6.07) is 2.86. The number of amides is 1. The van der Waals surface area contributed by atoms with Crippen molar-refractivity contribution in [1.29, 1.82) is 0 Å². The zero-order valence-electron chi connectivity index (χ0n) is 12.1. The SMILES string of the molecule is CCc1cc(-c2nnc(C(=O)NC(C)C)[nH]2)c(O)cc1O. The maximum Gasteiger partial charge on any atom is 0.289 e. The second-order valence-electron chi connectivity index (χ2n) is 5.00. The highest BCUT2D eigenvalue weighted by Crippen LogP contribution is 2.33. The highest BCUT2D eigenvalue weighted by atomic mass is 16.3. The van der Waals surface area contributed by atoms with Gasteiger partial charge in [-0.3, -0.25) is 4.79 Å². The predicted octanol–water partition coefficient (Wildman–Crippen LogP) is 1.58. The van der Waals surface area contributed by atoms with E-state index < -0.39 is 0 Å². The van der Waals surface area contributed by atoms with E-state index in [1.54, 1.807) is 6.07 Å². The summed E-state index contributed by atoms with van der Waals surface area (Å²) in [5.74, 6) is -0.120. The molecule has 7 nitrogen and oxygen atoms in total. The Balaban J connectivity index is 2.36. The van der Waals surface area contributed by atoms with Crippen LogP contribution in [0.5, 0.6) is 11.5 Å². The molecule has 21 heavy (non-hydrogen) atoms. The van der Waals surface area contributed by atoms with Crippen LogP contribution >= 0.6 is 0 Å². The number of phenols is 2. The molecule has 1 heterocycles. The van der Waals surface area contributed by atoms with Gasteiger partial charge in [-0.2, -0.15) is 0 Å². The van der Waals surface area contributed by atoms with Crippen LogP contribution in [0.25, 0.3) is 11.4 Å². The van der Waals surface area contributed by atoms with E-state index in [-0.39, 0.29) is 35.1 Å². The van der Waals surface area contributed by atoms with Gasteiger partial charge >= 0.3 is 0 Å². The topological polar surface area (TPSA) is 111 Å². The summed E-state index contributed by atoms with van der Waals surface area (Å²) in [5, 5.41) is 29.9. The summed E-state index contributed by atoms with van der Waals surface area (Å²) in [6.45, 7) is 5.57. The Kier molecular flexibility index (Phi) is 4.11. The molecule has 0 saturated carbocycles. The van der Waals surface area contributed by atoms with Gasteiger partial charge in [-0.05, 0) is 31.9 Å². The molecule has 112 valence electrons.